The van der Waals surface area contributed by atoms with Gasteiger partial charge in [-0.2, -0.15) is 0 Å². The Morgan fingerprint density at radius 3 is 2.68 bits per heavy atom. The lowest BCUT2D eigenvalue weighted by Gasteiger charge is -2.29. The molecule has 2 aliphatic rings. The van der Waals surface area contributed by atoms with Gasteiger partial charge in [0.25, 0.3) is 0 Å². The second-order valence-corrected chi connectivity index (χ2v) is 9.08. The minimum atomic E-state index is -0.947. The van der Waals surface area contributed by atoms with E-state index in [1.807, 2.05) is 42.5 Å². The molecule has 1 amide bonds. The van der Waals surface area contributed by atoms with Crippen molar-refractivity contribution < 1.29 is 33.6 Å². The zero-order valence-electron chi connectivity index (χ0n) is 21.1. The minimum Gasteiger partial charge on any atom is -0.465 e. The highest BCUT2D eigenvalue weighted by molar-refractivity contribution is 5.73. The Hall–Kier alpha value is -3.43. The first-order valence-electron chi connectivity index (χ1n) is 12.7. The van der Waals surface area contributed by atoms with E-state index in [4.69, 9.17) is 18.9 Å². The molecule has 1 unspecified atom stereocenters. The molecule has 3 atom stereocenters. The van der Waals surface area contributed by atoms with Crippen LogP contribution in [0.4, 0.5) is 4.79 Å². The SMILES string of the molecule is CCOC(=O)COc1ncccc1C1=CCC(OC[C@H]2[C@H](OCc3ccccc3)CCN2C(=O)O)CC1. The van der Waals surface area contributed by atoms with Crippen molar-refractivity contribution in [1.82, 2.24) is 9.88 Å². The molecule has 2 aromatic rings. The maximum atomic E-state index is 11.8. The van der Waals surface area contributed by atoms with Gasteiger partial charge in [-0.3, -0.25) is 0 Å². The Morgan fingerprint density at radius 2 is 1.95 bits per heavy atom. The van der Waals surface area contributed by atoms with E-state index in [2.05, 4.69) is 11.1 Å². The van der Waals surface area contributed by atoms with Crippen LogP contribution in [0.3, 0.4) is 0 Å². The number of carbonyl (C=O) groups excluding carboxylic acids is 1. The van der Waals surface area contributed by atoms with Gasteiger partial charge >= 0.3 is 12.1 Å². The molecule has 4 rings (SSSR count). The fourth-order valence-electron chi connectivity index (χ4n) is 4.75. The molecular formula is C28H34N2O7. The van der Waals surface area contributed by atoms with Gasteiger partial charge in [-0.1, -0.05) is 36.4 Å². The lowest BCUT2D eigenvalue weighted by atomic mass is 9.92. The van der Waals surface area contributed by atoms with E-state index in [0.717, 1.165) is 29.5 Å². The number of esters is 1. The largest absolute Gasteiger partial charge is 0.465 e. The van der Waals surface area contributed by atoms with Gasteiger partial charge in [0.05, 0.1) is 38.1 Å². The first-order chi connectivity index (χ1) is 18.0. The van der Waals surface area contributed by atoms with Crippen molar-refractivity contribution in [3.05, 3.63) is 65.9 Å². The van der Waals surface area contributed by atoms with E-state index in [-0.39, 0.29) is 24.9 Å². The number of likely N-dealkylation sites (tertiary alicyclic amines) is 1. The number of aromatic nitrogens is 1. The van der Waals surface area contributed by atoms with Crippen molar-refractivity contribution in [2.24, 2.45) is 0 Å². The number of carbonyl (C=O) groups is 2. The summed E-state index contributed by atoms with van der Waals surface area (Å²) in [5.74, 6) is -0.0267. The van der Waals surface area contributed by atoms with E-state index < -0.39 is 12.1 Å². The van der Waals surface area contributed by atoms with Crippen LogP contribution in [-0.2, 0) is 25.6 Å². The molecule has 1 aliphatic heterocycles. The first kappa shape index (κ1) is 26.6. The Labute approximate surface area is 217 Å². The second-order valence-electron chi connectivity index (χ2n) is 9.08. The van der Waals surface area contributed by atoms with Gasteiger partial charge < -0.3 is 29.0 Å². The van der Waals surface area contributed by atoms with Crippen LogP contribution in [0.1, 0.15) is 43.7 Å². The van der Waals surface area contributed by atoms with E-state index in [0.29, 0.717) is 45.1 Å². The highest BCUT2D eigenvalue weighted by Gasteiger charge is 2.38. The summed E-state index contributed by atoms with van der Waals surface area (Å²) in [5.41, 5.74) is 3.00. The maximum Gasteiger partial charge on any atom is 0.407 e. The first-order valence-corrected chi connectivity index (χ1v) is 12.7. The number of carboxylic acid groups (broad SMARTS) is 1. The van der Waals surface area contributed by atoms with Crippen molar-refractivity contribution in [2.75, 3.05) is 26.4 Å². The molecule has 37 heavy (non-hydrogen) atoms. The third-order valence-electron chi connectivity index (χ3n) is 6.65. The molecule has 1 aromatic heterocycles. The highest BCUT2D eigenvalue weighted by atomic mass is 16.6. The average Bonchev–Trinajstić information content (AvgIpc) is 3.34. The number of ether oxygens (including phenoxy) is 4. The average molecular weight is 511 g/mol. The van der Waals surface area contributed by atoms with Crippen molar-refractivity contribution in [3.63, 3.8) is 0 Å². The number of hydrogen-bond donors (Lipinski definition) is 1. The van der Waals surface area contributed by atoms with Gasteiger partial charge in [-0.15, -0.1) is 0 Å². The predicted molar refractivity (Wildman–Crippen MR) is 136 cm³/mol. The van der Waals surface area contributed by atoms with E-state index in [1.165, 1.54) is 4.90 Å². The molecule has 0 spiro atoms. The molecule has 0 bridgehead atoms. The van der Waals surface area contributed by atoms with Crippen LogP contribution in [0.5, 0.6) is 5.88 Å². The number of nitrogens with zero attached hydrogens (tertiary/aromatic N) is 2. The van der Waals surface area contributed by atoms with Gasteiger partial charge in [0, 0.05) is 18.3 Å². The Kier molecular flexibility index (Phi) is 9.51. The van der Waals surface area contributed by atoms with Gasteiger partial charge in [0.15, 0.2) is 6.61 Å². The number of hydrogen-bond acceptors (Lipinski definition) is 7. The van der Waals surface area contributed by atoms with Crippen LogP contribution in [0.2, 0.25) is 0 Å². The van der Waals surface area contributed by atoms with Gasteiger partial charge in [0.2, 0.25) is 5.88 Å². The summed E-state index contributed by atoms with van der Waals surface area (Å²) in [6.07, 6.45) is 5.45. The Morgan fingerprint density at radius 1 is 1.11 bits per heavy atom. The van der Waals surface area contributed by atoms with Crippen molar-refractivity contribution in [3.8, 4) is 5.88 Å². The summed E-state index contributed by atoms with van der Waals surface area (Å²) in [7, 11) is 0. The third-order valence-corrected chi connectivity index (χ3v) is 6.65. The molecule has 1 fully saturated rings. The highest BCUT2D eigenvalue weighted by Crippen LogP contribution is 2.33. The summed E-state index contributed by atoms with van der Waals surface area (Å²) in [4.78, 5) is 29.2. The van der Waals surface area contributed by atoms with Crippen LogP contribution >= 0.6 is 0 Å². The smallest absolute Gasteiger partial charge is 0.407 e. The summed E-state index contributed by atoms with van der Waals surface area (Å²) in [6, 6.07) is 13.3. The normalized spacial score (nSPS) is 21.4. The van der Waals surface area contributed by atoms with Crippen molar-refractivity contribution in [2.45, 2.75) is 57.5 Å². The van der Waals surface area contributed by atoms with Crippen LogP contribution in [-0.4, -0.2) is 71.7 Å². The van der Waals surface area contributed by atoms with E-state index in [9.17, 15) is 14.7 Å². The molecule has 2 heterocycles. The van der Waals surface area contributed by atoms with Gasteiger partial charge in [-0.25, -0.2) is 14.6 Å². The fourth-order valence-corrected chi connectivity index (χ4v) is 4.75. The number of rotatable bonds is 11. The molecule has 1 N–H and O–H groups in total. The zero-order valence-corrected chi connectivity index (χ0v) is 21.1. The van der Waals surface area contributed by atoms with Crippen LogP contribution < -0.4 is 4.74 Å². The maximum absolute atomic E-state index is 11.8. The lowest BCUT2D eigenvalue weighted by molar-refractivity contribution is -0.145. The number of amides is 1. The Balaban J connectivity index is 1.32. The van der Waals surface area contributed by atoms with Gasteiger partial charge in [0.1, 0.15) is 0 Å². The molecule has 9 nitrogen and oxygen atoms in total. The van der Waals surface area contributed by atoms with Crippen LogP contribution in [0.15, 0.2) is 54.7 Å². The summed E-state index contributed by atoms with van der Waals surface area (Å²) >= 11 is 0. The molecule has 1 aliphatic carbocycles. The van der Waals surface area contributed by atoms with Crippen LogP contribution in [0, 0.1) is 0 Å². The molecule has 0 saturated carbocycles. The quantitative estimate of drug-likeness (QED) is 0.446. The summed E-state index contributed by atoms with van der Waals surface area (Å²) in [6.45, 7) is 3.03. The number of pyridine rings is 1. The number of allylic oxidation sites excluding steroid dienone is 1. The third kappa shape index (κ3) is 7.30. The summed E-state index contributed by atoms with van der Waals surface area (Å²) in [5, 5.41) is 9.68. The summed E-state index contributed by atoms with van der Waals surface area (Å²) < 4.78 is 22.9. The molecule has 1 saturated heterocycles. The van der Waals surface area contributed by atoms with Gasteiger partial charge in [-0.05, 0) is 55.9 Å². The minimum absolute atomic E-state index is 0.0182. The van der Waals surface area contributed by atoms with E-state index >= 15 is 0 Å². The van der Waals surface area contributed by atoms with Crippen molar-refractivity contribution >= 4 is 17.6 Å². The number of benzene rings is 1. The fraction of sp³-hybridized carbons (Fsp3) is 0.464. The zero-order chi connectivity index (χ0) is 26.0. The van der Waals surface area contributed by atoms with Crippen LogP contribution in [0.25, 0.3) is 5.57 Å². The van der Waals surface area contributed by atoms with Crippen molar-refractivity contribution in [1.29, 1.82) is 0 Å². The molecule has 9 heteroatoms. The molecule has 0 radical (unpaired) electrons. The predicted octanol–water partition coefficient (Wildman–Crippen LogP) is 4.31. The Bertz CT molecular complexity index is 1080. The topological polar surface area (TPSA) is 107 Å². The molecule has 1 aromatic carbocycles. The lowest BCUT2D eigenvalue weighted by Crippen LogP contribution is -2.43. The molecular weight excluding hydrogens is 476 g/mol. The monoisotopic (exact) mass is 510 g/mol. The standard InChI is InChI=1S/C28H34N2O7/c1-2-34-26(31)19-37-27-23(9-6-15-29-27)21-10-12-22(13-11-21)35-18-24-25(14-16-30(24)28(32)33)36-17-20-7-4-3-5-8-20/h3-10,15,22,24-25H,2,11-14,16-19H2,1H3,(H,32,33)/t22?,24-,25+/m0/s1. The molecule has 198 valence electrons. The van der Waals surface area contributed by atoms with E-state index in [1.54, 1.807) is 13.1 Å². The second kappa shape index (κ2) is 13.2.